The van der Waals surface area contributed by atoms with Crippen LogP contribution in [0.5, 0.6) is 0 Å². The first kappa shape index (κ1) is 9.84. The Morgan fingerprint density at radius 2 is 1.82 bits per heavy atom. The molecule has 0 saturated heterocycles. The molecule has 1 heterocycles. The molecule has 0 fully saturated rings. The van der Waals surface area contributed by atoms with Crippen LogP contribution < -0.4 is 5.73 Å². The summed E-state index contributed by atoms with van der Waals surface area (Å²) in [5, 5.41) is 0. The quantitative estimate of drug-likeness (QED) is 0.628. The van der Waals surface area contributed by atoms with E-state index in [2.05, 4.69) is 9.97 Å². The second-order valence-corrected chi connectivity index (χ2v) is 3.84. The molecule has 3 rings (SSSR count). The first-order valence-electron chi connectivity index (χ1n) is 5.24. The number of fused-ring (bicyclic) bond motifs is 1. The van der Waals surface area contributed by atoms with Crippen LogP contribution in [-0.4, -0.2) is 9.97 Å². The third-order valence-electron chi connectivity index (χ3n) is 2.66. The Labute approximate surface area is 97.1 Å². The number of nitrogens with zero attached hydrogens (tertiary/aromatic N) is 1. The molecule has 0 bridgehead atoms. The SMILES string of the molecule is Nc1cccc2[nH]c(-c3ccc(F)cc3)nc12. The average Bonchev–Trinajstić information content (AvgIpc) is 2.75. The van der Waals surface area contributed by atoms with Crippen LogP contribution in [0, 0.1) is 5.82 Å². The van der Waals surface area contributed by atoms with Gasteiger partial charge in [-0.1, -0.05) is 6.07 Å². The van der Waals surface area contributed by atoms with E-state index in [0.717, 1.165) is 16.6 Å². The number of hydrogen-bond donors (Lipinski definition) is 2. The Morgan fingerprint density at radius 1 is 1.06 bits per heavy atom. The number of nitrogens with one attached hydrogen (secondary N) is 1. The summed E-state index contributed by atoms with van der Waals surface area (Å²) in [4.78, 5) is 7.57. The van der Waals surface area contributed by atoms with Crippen molar-refractivity contribution in [3.8, 4) is 11.4 Å². The fourth-order valence-corrected chi connectivity index (χ4v) is 1.80. The molecular weight excluding hydrogens is 217 g/mol. The second kappa shape index (κ2) is 3.59. The Balaban J connectivity index is 2.18. The van der Waals surface area contributed by atoms with Crippen molar-refractivity contribution in [1.29, 1.82) is 0 Å². The van der Waals surface area contributed by atoms with Gasteiger partial charge in [0.15, 0.2) is 0 Å². The van der Waals surface area contributed by atoms with Crippen molar-refractivity contribution in [3.63, 3.8) is 0 Å². The first-order chi connectivity index (χ1) is 8.24. The van der Waals surface area contributed by atoms with Crippen molar-refractivity contribution < 1.29 is 4.39 Å². The topological polar surface area (TPSA) is 54.7 Å². The van der Waals surface area contributed by atoms with Crippen molar-refractivity contribution in [2.75, 3.05) is 5.73 Å². The highest BCUT2D eigenvalue weighted by molar-refractivity contribution is 5.89. The number of para-hydroxylation sites is 1. The third kappa shape index (κ3) is 1.63. The molecule has 17 heavy (non-hydrogen) atoms. The number of H-pyrrole nitrogens is 1. The maximum absolute atomic E-state index is 12.8. The van der Waals surface area contributed by atoms with Gasteiger partial charge in [-0.3, -0.25) is 0 Å². The first-order valence-corrected chi connectivity index (χ1v) is 5.24. The summed E-state index contributed by atoms with van der Waals surface area (Å²) in [6.07, 6.45) is 0. The molecule has 0 atom stereocenters. The lowest BCUT2D eigenvalue weighted by molar-refractivity contribution is 0.628. The van der Waals surface area contributed by atoms with E-state index >= 15 is 0 Å². The van der Waals surface area contributed by atoms with Crippen molar-refractivity contribution in [3.05, 3.63) is 48.3 Å². The van der Waals surface area contributed by atoms with E-state index in [4.69, 9.17) is 5.73 Å². The van der Waals surface area contributed by atoms with Crippen LogP contribution in [-0.2, 0) is 0 Å². The number of rotatable bonds is 1. The van der Waals surface area contributed by atoms with Gasteiger partial charge in [-0.15, -0.1) is 0 Å². The van der Waals surface area contributed by atoms with Gasteiger partial charge in [-0.2, -0.15) is 0 Å². The second-order valence-electron chi connectivity index (χ2n) is 3.84. The van der Waals surface area contributed by atoms with Crippen molar-refractivity contribution in [1.82, 2.24) is 9.97 Å². The summed E-state index contributed by atoms with van der Waals surface area (Å²) in [6, 6.07) is 11.8. The van der Waals surface area contributed by atoms with Crippen LogP contribution in [0.3, 0.4) is 0 Å². The largest absolute Gasteiger partial charge is 0.397 e. The molecule has 0 spiro atoms. The molecule has 3 nitrogen and oxygen atoms in total. The van der Waals surface area contributed by atoms with Crippen LogP contribution in [0.15, 0.2) is 42.5 Å². The number of imidazole rings is 1. The summed E-state index contributed by atoms with van der Waals surface area (Å²) in [5.41, 5.74) is 8.92. The fraction of sp³-hybridized carbons (Fsp3) is 0. The average molecular weight is 227 g/mol. The van der Waals surface area contributed by atoms with Gasteiger partial charge in [0.25, 0.3) is 0 Å². The summed E-state index contributed by atoms with van der Waals surface area (Å²) in [7, 11) is 0. The number of anilines is 1. The minimum Gasteiger partial charge on any atom is -0.397 e. The summed E-state index contributed by atoms with van der Waals surface area (Å²) >= 11 is 0. The minimum absolute atomic E-state index is 0.260. The van der Waals surface area contributed by atoms with Crippen LogP contribution in [0.4, 0.5) is 10.1 Å². The molecule has 0 amide bonds. The molecule has 2 aromatic carbocycles. The van der Waals surface area contributed by atoms with Gasteiger partial charge in [0, 0.05) is 5.56 Å². The van der Waals surface area contributed by atoms with Crippen LogP contribution in [0.2, 0.25) is 0 Å². The third-order valence-corrected chi connectivity index (χ3v) is 2.66. The zero-order chi connectivity index (χ0) is 11.8. The number of nitrogen functional groups attached to an aromatic ring is 1. The molecule has 3 N–H and O–H groups in total. The summed E-state index contributed by atoms with van der Waals surface area (Å²) in [5.74, 6) is 0.433. The number of aromatic nitrogens is 2. The Morgan fingerprint density at radius 3 is 2.53 bits per heavy atom. The molecule has 3 aromatic rings. The van der Waals surface area contributed by atoms with Crippen LogP contribution >= 0.6 is 0 Å². The Bertz CT molecular complexity index is 671. The van der Waals surface area contributed by atoms with Gasteiger partial charge < -0.3 is 10.7 Å². The van der Waals surface area contributed by atoms with E-state index in [-0.39, 0.29) is 5.82 Å². The zero-order valence-corrected chi connectivity index (χ0v) is 8.94. The number of aromatic amines is 1. The molecule has 0 saturated carbocycles. The lowest BCUT2D eigenvalue weighted by atomic mass is 10.2. The molecule has 1 aromatic heterocycles. The van der Waals surface area contributed by atoms with E-state index < -0.39 is 0 Å². The van der Waals surface area contributed by atoms with Gasteiger partial charge in [-0.25, -0.2) is 9.37 Å². The monoisotopic (exact) mass is 227 g/mol. The predicted molar refractivity (Wildman–Crippen MR) is 65.9 cm³/mol. The molecule has 0 aliphatic rings. The van der Waals surface area contributed by atoms with Crippen LogP contribution in [0.25, 0.3) is 22.4 Å². The van der Waals surface area contributed by atoms with E-state index in [0.29, 0.717) is 11.5 Å². The Kier molecular flexibility index (Phi) is 2.08. The zero-order valence-electron chi connectivity index (χ0n) is 8.94. The van der Waals surface area contributed by atoms with Crippen LogP contribution in [0.1, 0.15) is 0 Å². The number of hydrogen-bond acceptors (Lipinski definition) is 2. The summed E-state index contributed by atoms with van der Waals surface area (Å²) < 4.78 is 12.8. The van der Waals surface area contributed by atoms with E-state index in [9.17, 15) is 4.39 Å². The lowest BCUT2D eigenvalue weighted by Gasteiger charge is -1.94. The maximum Gasteiger partial charge on any atom is 0.138 e. The molecular formula is C13H10FN3. The van der Waals surface area contributed by atoms with Crippen molar-refractivity contribution >= 4 is 16.7 Å². The van der Waals surface area contributed by atoms with E-state index in [1.807, 2.05) is 12.1 Å². The van der Waals surface area contributed by atoms with Gasteiger partial charge in [-0.05, 0) is 36.4 Å². The van der Waals surface area contributed by atoms with Gasteiger partial charge in [0.05, 0.1) is 11.2 Å². The highest BCUT2D eigenvalue weighted by atomic mass is 19.1. The van der Waals surface area contributed by atoms with E-state index in [1.54, 1.807) is 18.2 Å². The number of halogens is 1. The van der Waals surface area contributed by atoms with Crippen molar-refractivity contribution in [2.45, 2.75) is 0 Å². The fourth-order valence-electron chi connectivity index (χ4n) is 1.80. The molecule has 84 valence electrons. The number of nitrogens with two attached hydrogens (primary N) is 1. The normalized spacial score (nSPS) is 10.9. The molecule has 4 heteroatoms. The van der Waals surface area contributed by atoms with E-state index in [1.165, 1.54) is 12.1 Å². The van der Waals surface area contributed by atoms with Gasteiger partial charge in [0.2, 0.25) is 0 Å². The molecule has 0 radical (unpaired) electrons. The molecule has 0 aliphatic heterocycles. The predicted octanol–water partition coefficient (Wildman–Crippen LogP) is 2.95. The van der Waals surface area contributed by atoms with Gasteiger partial charge >= 0.3 is 0 Å². The highest BCUT2D eigenvalue weighted by Gasteiger charge is 2.06. The van der Waals surface area contributed by atoms with Crippen molar-refractivity contribution in [2.24, 2.45) is 0 Å². The minimum atomic E-state index is -0.260. The number of benzene rings is 2. The maximum atomic E-state index is 12.8. The molecule has 0 aliphatic carbocycles. The Hall–Kier alpha value is -2.36. The standard InChI is InChI=1S/C13H10FN3/c14-9-6-4-8(5-7-9)13-16-11-3-1-2-10(15)12(11)17-13/h1-7H,15H2,(H,16,17). The smallest absolute Gasteiger partial charge is 0.138 e. The summed E-state index contributed by atoms with van der Waals surface area (Å²) in [6.45, 7) is 0. The highest BCUT2D eigenvalue weighted by Crippen LogP contribution is 2.23. The lowest BCUT2D eigenvalue weighted by Crippen LogP contribution is -1.85. The molecule has 0 unspecified atom stereocenters. The van der Waals surface area contributed by atoms with Gasteiger partial charge in [0.1, 0.15) is 17.2 Å².